The summed E-state index contributed by atoms with van der Waals surface area (Å²) in [6.07, 6.45) is -9.04. The molecule has 0 unspecified atom stereocenters. The molecule has 0 aromatic heterocycles. The van der Waals surface area contributed by atoms with Gasteiger partial charge in [0.25, 0.3) is 0 Å². The Morgan fingerprint density at radius 1 is 0.952 bits per heavy atom. The lowest BCUT2D eigenvalue weighted by Gasteiger charge is -2.26. The molecular weight excluding hydrogens is 314 g/mol. The molecule has 1 saturated carbocycles. The summed E-state index contributed by atoms with van der Waals surface area (Å²) < 4.78 is 71.9. The van der Waals surface area contributed by atoms with Crippen LogP contribution in [0.1, 0.15) is 25.7 Å². The van der Waals surface area contributed by atoms with Crippen LogP contribution in [-0.2, 0) is 19.3 Å². The zero-order valence-corrected chi connectivity index (χ0v) is 10.3. The lowest BCUT2D eigenvalue weighted by atomic mass is 10.3. The molecule has 0 atom stereocenters. The van der Waals surface area contributed by atoms with Crippen molar-refractivity contribution in [1.82, 2.24) is 10.8 Å². The molecule has 0 aromatic carbocycles. The van der Waals surface area contributed by atoms with Crippen molar-refractivity contribution >= 4 is 11.9 Å². The number of carbonyl (C=O) groups is 2. The molecule has 0 heterocycles. The first-order valence-corrected chi connectivity index (χ1v) is 5.64. The van der Waals surface area contributed by atoms with Gasteiger partial charge in [-0.25, -0.2) is 9.59 Å². The van der Waals surface area contributed by atoms with Gasteiger partial charge in [0.15, 0.2) is 0 Å². The molecule has 0 aliphatic heterocycles. The number of hydrogen-bond acceptors (Lipinski definition) is 6. The molecular formula is C9H10F6N2O4. The van der Waals surface area contributed by atoms with Crippen LogP contribution < -0.4 is 5.59 Å². The normalized spacial score (nSPS) is 17.1. The van der Waals surface area contributed by atoms with Crippen LogP contribution in [0.3, 0.4) is 0 Å². The molecule has 0 aromatic rings. The lowest BCUT2D eigenvalue weighted by Crippen LogP contribution is -2.49. The fourth-order valence-electron chi connectivity index (χ4n) is 1.59. The SMILES string of the molecule is O=C(ONN(OC(=O)C(F)(F)F)C1CCCC1)C(F)(F)F. The van der Waals surface area contributed by atoms with E-state index in [0.717, 1.165) is 0 Å². The van der Waals surface area contributed by atoms with Crippen LogP contribution in [0.15, 0.2) is 0 Å². The molecule has 12 heteroatoms. The number of alkyl halides is 6. The van der Waals surface area contributed by atoms with E-state index in [-0.39, 0.29) is 18.0 Å². The minimum atomic E-state index is -5.34. The highest BCUT2D eigenvalue weighted by molar-refractivity contribution is 5.75. The molecule has 6 nitrogen and oxygen atoms in total. The van der Waals surface area contributed by atoms with E-state index < -0.39 is 30.3 Å². The molecule has 0 spiro atoms. The summed E-state index contributed by atoms with van der Waals surface area (Å²) in [5.41, 5.74) is 1.29. The van der Waals surface area contributed by atoms with Gasteiger partial charge >= 0.3 is 24.3 Å². The highest BCUT2D eigenvalue weighted by atomic mass is 19.4. The average Bonchev–Trinajstić information content (AvgIpc) is 2.84. The first kappa shape index (κ1) is 17.5. The summed E-state index contributed by atoms with van der Waals surface area (Å²) in [6, 6.07) is -0.836. The molecule has 1 N–H and O–H groups in total. The van der Waals surface area contributed by atoms with Crippen LogP contribution in [0.2, 0.25) is 0 Å². The Kier molecular flexibility index (Phi) is 5.39. The smallest absolute Gasteiger partial charge is 0.345 e. The van der Waals surface area contributed by atoms with E-state index >= 15 is 0 Å². The molecule has 1 aliphatic carbocycles. The summed E-state index contributed by atoms with van der Waals surface area (Å²) in [4.78, 5) is 28.6. The van der Waals surface area contributed by atoms with Crippen LogP contribution in [0.25, 0.3) is 0 Å². The van der Waals surface area contributed by atoms with Crippen molar-refractivity contribution in [2.45, 2.75) is 44.1 Å². The Morgan fingerprint density at radius 2 is 1.43 bits per heavy atom. The first-order chi connectivity index (χ1) is 9.51. The molecule has 0 amide bonds. The predicted molar refractivity (Wildman–Crippen MR) is 51.5 cm³/mol. The van der Waals surface area contributed by atoms with Crippen molar-refractivity contribution in [3.63, 3.8) is 0 Å². The second kappa shape index (κ2) is 6.47. The van der Waals surface area contributed by atoms with Gasteiger partial charge in [0, 0.05) is 0 Å². The van der Waals surface area contributed by atoms with Gasteiger partial charge < -0.3 is 9.68 Å². The van der Waals surface area contributed by atoms with Gasteiger partial charge in [-0.05, 0) is 23.6 Å². The Labute approximate surface area is 113 Å². The van der Waals surface area contributed by atoms with Gasteiger partial charge in [0.1, 0.15) is 0 Å². The van der Waals surface area contributed by atoms with Crippen molar-refractivity contribution < 1.29 is 45.6 Å². The van der Waals surface area contributed by atoms with Crippen LogP contribution >= 0.6 is 0 Å². The van der Waals surface area contributed by atoms with Gasteiger partial charge in [-0.2, -0.15) is 26.3 Å². The van der Waals surface area contributed by atoms with Crippen molar-refractivity contribution in [2.24, 2.45) is 0 Å². The lowest BCUT2D eigenvalue weighted by molar-refractivity contribution is -0.299. The minimum Gasteiger partial charge on any atom is -0.345 e. The van der Waals surface area contributed by atoms with Crippen molar-refractivity contribution in [3.8, 4) is 0 Å². The largest absolute Gasteiger partial charge is 0.492 e. The fourth-order valence-corrected chi connectivity index (χ4v) is 1.59. The first-order valence-electron chi connectivity index (χ1n) is 5.64. The Hall–Kier alpha value is -1.56. The molecule has 0 saturated heterocycles. The van der Waals surface area contributed by atoms with Crippen molar-refractivity contribution in [2.75, 3.05) is 0 Å². The molecule has 1 aliphatic rings. The maximum Gasteiger partial charge on any atom is 0.492 e. The van der Waals surface area contributed by atoms with Crippen molar-refractivity contribution in [1.29, 1.82) is 0 Å². The number of hydrazine groups is 1. The Morgan fingerprint density at radius 3 is 1.86 bits per heavy atom. The number of carbonyl (C=O) groups excluding carboxylic acids is 2. The topological polar surface area (TPSA) is 67.9 Å². The van der Waals surface area contributed by atoms with Gasteiger partial charge in [-0.3, -0.25) is 0 Å². The van der Waals surface area contributed by atoms with Crippen LogP contribution in [0.4, 0.5) is 26.3 Å². The van der Waals surface area contributed by atoms with E-state index in [1.807, 2.05) is 0 Å². The van der Waals surface area contributed by atoms with Crippen LogP contribution in [0.5, 0.6) is 0 Å². The number of hydroxylamine groups is 1. The highest BCUT2D eigenvalue weighted by Crippen LogP contribution is 2.25. The predicted octanol–water partition coefficient (Wildman–Crippen LogP) is 1.78. The quantitative estimate of drug-likeness (QED) is 0.628. The van der Waals surface area contributed by atoms with E-state index in [1.54, 1.807) is 0 Å². The van der Waals surface area contributed by atoms with E-state index in [0.29, 0.717) is 12.8 Å². The van der Waals surface area contributed by atoms with Crippen LogP contribution in [0, 0.1) is 0 Å². The summed E-state index contributed by atoms with van der Waals surface area (Å²) in [7, 11) is 0. The maximum atomic E-state index is 12.1. The standard InChI is InChI=1S/C9H10F6N2O4/c10-8(11,12)6(18)20-16-17(5-3-1-2-4-5)21-7(19)9(13,14)15/h5,16H,1-4H2. The molecule has 122 valence electrons. The van der Waals surface area contributed by atoms with E-state index in [4.69, 9.17) is 0 Å². The Balaban J connectivity index is 2.65. The number of nitrogens with zero attached hydrogens (tertiary/aromatic N) is 1. The second-order valence-electron chi connectivity index (χ2n) is 4.12. The van der Waals surface area contributed by atoms with Crippen LogP contribution in [-0.4, -0.2) is 35.5 Å². The fraction of sp³-hybridized carbons (Fsp3) is 0.778. The van der Waals surface area contributed by atoms with Gasteiger partial charge in [-0.1, -0.05) is 12.8 Å². The van der Waals surface area contributed by atoms with E-state index in [9.17, 15) is 35.9 Å². The number of hydrogen-bond donors (Lipinski definition) is 1. The molecule has 21 heavy (non-hydrogen) atoms. The molecule has 1 rings (SSSR count). The molecule has 0 radical (unpaired) electrons. The molecule has 0 bridgehead atoms. The third kappa shape index (κ3) is 5.38. The summed E-state index contributed by atoms with van der Waals surface area (Å²) in [5.74, 6) is -5.33. The van der Waals surface area contributed by atoms with Crippen molar-refractivity contribution in [3.05, 3.63) is 0 Å². The van der Waals surface area contributed by atoms with Gasteiger partial charge in [-0.15, -0.1) is 0 Å². The zero-order valence-electron chi connectivity index (χ0n) is 10.3. The summed E-state index contributed by atoms with van der Waals surface area (Å²) in [5, 5.41) is 0.0759. The zero-order chi connectivity index (χ0) is 16.3. The minimum absolute atomic E-state index is 0.0759. The number of halogens is 6. The van der Waals surface area contributed by atoms with Gasteiger partial charge in [0.05, 0.1) is 6.04 Å². The third-order valence-electron chi connectivity index (χ3n) is 2.53. The average molecular weight is 324 g/mol. The number of rotatable bonds is 4. The number of nitrogens with one attached hydrogen (secondary N) is 1. The third-order valence-corrected chi connectivity index (χ3v) is 2.53. The maximum absolute atomic E-state index is 12.1. The highest BCUT2D eigenvalue weighted by Gasteiger charge is 2.45. The second-order valence-corrected chi connectivity index (χ2v) is 4.12. The van der Waals surface area contributed by atoms with E-state index in [2.05, 4.69) is 9.68 Å². The van der Waals surface area contributed by atoms with Gasteiger partial charge in [0.2, 0.25) is 0 Å². The Bertz CT molecular complexity index is 391. The summed E-state index contributed by atoms with van der Waals surface area (Å²) >= 11 is 0. The van der Waals surface area contributed by atoms with E-state index in [1.165, 1.54) is 5.59 Å². The molecule has 1 fully saturated rings. The summed E-state index contributed by atoms with van der Waals surface area (Å²) in [6.45, 7) is 0. The monoisotopic (exact) mass is 324 g/mol.